The summed E-state index contributed by atoms with van der Waals surface area (Å²) in [6.07, 6.45) is 0. The van der Waals surface area contributed by atoms with Crippen molar-refractivity contribution in [3.63, 3.8) is 0 Å². The van der Waals surface area contributed by atoms with Gasteiger partial charge in [-0.05, 0) is 37.5 Å². The lowest BCUT2D eigenvalue weighted by Crippen LogP contribution is -2.37. The first-order valence-corrected chi connectivity index (χ1v) is 5.82. The second-order valence-corrected chi connectivity index (χ2v) is 5.15. The fourth-order valence-electron chi connectivity index (χ4n) is 1.12. The fraction of sp³-hybridized carbons (Fsp3) is 0.538. The van der Waals surface area contributed by atoms with Crippen molar-refractivity contribution in [2.24, 2.45) is 5.92 Å². The number of aryl methyl sites for hydroxylation is 1. The zero-order chi connectivity index (χ0) is 12.3. The van der Waals surface area contributed by atoms with Crippen LogP contribution in [0.2, 0.25) is 5.02 Å². The quantitative estimate of drug-likeness (QED) is 0.877. The number of halogens is 1. The van der Waals surface area contributed by atoms with Crippen molar-refractivity contribution in [1.29, 1.82) is 0 Å². The van der Waals surface area contributed by atoms with Crippen LogP contribution in [0, 0.1) is 12.8 Å². The Morgan fingerprint density at radius 1 is 1.44 bits per heavy atom. The summed E-state index contributed by atoms with van der Waals surface area (Å²) in [4.78, 5) is 0. The van der Waals surface area contributed by atoms with Crippen molar-refractivity contribution in [1.82, 2.24) is 0 Å². The Balaban J connectivity index is 2.71. The van der Waals surface area contributed by atoms with Gasteiger partial charge in [-0.3, -0.25) is 0 Å². The summed E-state index contributed by atoms with van der Waals surface area (Å²) in [5.74, 6) is 0.875. The van der Waals surface area contributed by atoms with E-state index in [-0.39, 0.29) is 12.5 Å². The molecule has 3 heteroatoms. The van der Waals surface area contributed by atoms with E-state index in [9.17, 15) is 5.11 Å². The maximum Gasteiger partial charge on any atom is 0.123 e. The zero-order valence-electron chi connectivity index (χ0n) is 10.2. The summed E-state index contributed by atoms with van der Waals surface area (Å²) < 4.78 is 5.61. The third kappa shape index (κ3) is 3.39. The standard InChI is InChI=1S/C13H19ClO2/c1-9(2)13(4,15)8-16-12-7-11(14)6-5-10(12)3/h5-7,9,15H,8H2,1-4H3. The van der Waals surface area contributed by atoms with Gasteiger partial charge >= 0.3 is 0 Å². The van der Waals surface area contributed by atoms with Crippen LogP contribution in [-0.4, -0.2) is 17.3 Å². The Labute approximate surface area is 102 Å². The summed E-state index contributed by atoms with van der Waals surface area (Å²) in [7, 11) is 0. The van der Waals surface area contributed by atoms with E-state index in [0.717, 1.165) is 11.3 Å². The molecule has 0 fully saturated rings. The highest BCUT2D eigenvalue weighted by Crippen LogP contribution is 2.25. The molecule has 2 nitrogen and oxygen atoms in total. The van der Waals surface area contributed by atoms with Gasteiger partial charge in [0.05, 0.1) is 5.60 Å². The minimum Gasteiger partial charge on any atom is -0.490 e. The molecule has 1 rings (SSSR count). The van der Waals surface area contributed by atoms with Gasteiger partial charge in [0.1, 0.15) is 12.4 Å². The molecule has 0 spiro atoms. The van der Waals surface area contributed by atoms with Gasteiger partial charge in [-0.25, -0.2) is 0 Å². The SMILES string of the molecule is Cc1ccc(Cl)cc1OCC(C)(O)C(C)C. The van der Waals surface area contributed by atoms with Crippen molar-refractivity contribution < 1.29 is 9.84 Å². The number of rotatable bonds is 4. The van der Waals surface area contributed by atoms with Gasteiger partial charge in [0, 0.05) is 5.02 Å². The maximum absolute atomic E-state index is 10.1. The fourth-order valence-corrected chi connectivity index (χ4v) is 1.28. The molecule has 1 atom stereocenters. The average Bonchev–Trinajstić information content (AvgIpc) is 2.19. The molecule has 90 valence electrons. The van der Waals surface area contributed by atoms with Crippen LogP contribution < -0.4 is 4.74 Å². The Hall–Kier alpha value is -0.730. The summed E-state index contributed by atoms with van der Waals surface area (Å²) in [5, 5.41) is 10.7. The number of benzene rings is 1. The predicted molar refractivity (Wildman–Crippen MR) is 67.1 cm³/mol. The Morgan fingerprint density at radius 3 is 2.62 bits per heavy atom. The Bertz CT molecular complexity index is 359. The normalized spacial score (nSPS) is 14.9. The number of hydrogen-bond acceptors (Lipinski definition) is 2. The van der Waals surface area contributed by atoms with Crippen LogP contribution in [0.15, 0.2) is 18.2 Å². The third-order valence-corrected chi connectivity index (χ3v) is 3.15. The summed E-state index contributed by atoms with van der Waals surface area (Å²) in [6, 6.07) is 5.50. The lowest BCUT2D eigenvalue weighted by Gasteiger charge is -2.27. The van der Waals surface area contributed by atoms with Gasteiger partial charge in [-0.15, -0.1) is 0 Å². The van der Waals surface area contributed by atoms with Crippen molar-refractivity contribution in [3.8, 4) is 5.75 Å². The molecule has 0 bridgehead atoms. The molecule has 0 aliphatic heterocycles. The van der Waals surface area contributed by atoms with Crippen molar-refractivity contribution in [3.05, 3.63) is 28.8 Å². The highest BCUT2D eigenvalue weighted by molar-refractivity contribution is 6.30. The molecule has 0 heterocycles. The van der Waals surface area contributed by atoms with Crippen LogP contribution in [-0.2, 0) is 0 Å². The van der Waals surface area contributed by atoms with E-state index in [1.165, 1.54) is 0 Å². The van der Waals surface area contributed by atoms with Gasteiger partial charge < -0.3 is 9.84 Å². The van der Waals surface area contributed by atoms with E-state index in [0.29, 0.717) is 5.02 Å². The number of ether oxygens (including phenoxy) is 1. The molecule has 0 saturated carbocycles. The average molecular weight is 243 g/mol. The molecule has 0 amide bonds. The largest absolute Gasteiger partial charge is 0.490 e. The molecule has 1 aromatic rings. The molecule has 16 heavy (non-hydrogen) atoms. The van der Waals surface area contributed by atoms with E-state index in [1.807, 2.05) is 32.9 Å². The van der Waals surface area contributed by atoms with Crippen LogP contribution in [0.5, 0.6) is 5.75 Å². The van der Waals surface area contributed by atoms with Gasteiger partial charge in [-0.1, -0.05) is 31.5 Å². The van der Waals surface area contributed by atoms with Crippen LogP contribution >= 0.6 is 11.6 Å². The summed E-state index contributed by atoms with van der Waals surface area (Å²) in [6.45, 7) is 7.93. The first-order chi connectivity index (χ1) is 7.33. The minimum absolute atomic E-state index is 0.145. The lowest BCUT2D eigenvalue weighted by molar-refractivity contribution is -0.0268. The molecule has 0 aliphatic carbocycles. The molecule has 1 N–H and O–H groups in total. The first-order valence-electron chi connectivity index (χ1n) is 5.44. The lowest BCUT2D eigenvalue weighted by atomic mass is 9.94. The molecule has 1 aromatic carbocycles. The predicted octanol–water partition coefficient (Wildman–Crippen LogP) is 3.43. The first kappa shape index (κ1) is 13.3. The van der Waals surface area contributed by atoms with Crippen molar-refractivity contribution in [2.45, 2.75) is 33.3 Å². The van der Waals surface area contributed by atoms with Gasteiger partial charge in [-0.2, -0.15) is 0 Å². The van der Waals surface area contributed by atoms with Crippen LogP contribution in [0.25, 0.3) is 0 Å². The zero-order valence-corrected chi connectivity index (χ0v) is 11.0. The molecule has 0 aliphatic rings. The topological polar surface area (TPSA) is 29.5 Å². The number of aliphatic hydroxyl groups is 1. The molecule has 0 radical (unpaired) electrons. The summed E-state index contributed by atoms with van der Waals surface area (Å²) >= 11 is 5.89. The van der Waals surface area contributed by atoms with Crippen LogP contribution in [0.1, 0.15) is 26.3 Å². The summed E-state index contributed by atoms with van der Waals surface area (Å²) in [5.41, 5.74) is 0.193. The number of hydrogen-bond donors (Lipinski definition) is 1. The second kappa shape index (κ2) is 5.07. The van der Waals surface area contributed by atoms with E-state index >= 15 is 0 Å². The monoisotopic (exact) mass is 242 g/mol. The third-order valence-electron chi connectivity index (χ3n) is 2.91. The van der Waals surface area contributed by atoms with Gasteiger partial charge in [0.25, 0.3) is 0 Å². The van der Waals surface area contributed by atoms with E-state index < -0.39 is 5.60 Å². The maximum atomic E-state index is 10.1. The van der Waals surface area contributed by atoms with Gasteiger partial charge in [0.15, 0.2) is 0 Å². The highest BCUT2D eigenvalue weighted by atomic mass is 35.5. The molecular formula is C13H19ClO2. The van der Waals surface area contributed by atoms with Gasteiger partial charge in [0.2, 0.25) is 0 Å². The molecule has 0 aromatic heterocycles. The van der Waals surface area contributed by atoms with Crippen LogP contribution in [0.3, 0.4) is 0 Å². The molecule has 0 saturated heterocycles. The minimum atomic E-state index is -0.825. The van der Waals surface area contributed by atoms with E-state index in [4.69, 9.17) is 16.3 Å². The smallest absolute Gasteiger partial charge is 0.123 e. The Kier molecular flexibility index (Phi) is 4.22. The van der Waals surface area contributed by atoms with Crippen molar-refractivity contribution in [2.75, 3.05) is 6.61 Å². The van der Waals surface area contributed by atoms with E-state index in [1.54, 1.807) is 13.0 Å². The van der Waals surface area contributed by atoms with Crippen molar-refractivity contribution >= 4 is 11.6 Å². The van der Waals surface area contributed by atoms with E-state index in [2.05, 4.69) is 0 Å². The highest BCUT2D eigenvalue weighted by Gasteiger charge is 2.25. The van der Waals surface area contributed by atoms with Crippen LogP contribution in [0.4, 0.5) is 0 Å². The Morgan fingerprint density at radius 2 is 2.06 bits per heavy atom. The molecular weight excluding hydrogens is 224 g/mol. The molecule has 1 unspecified atom stereocenters. The second-order valence-electron chi connectivity index (χ2n) is 4.71.